The van der Waals surface area contributed by atoms with Gasteiger partial charge in [0.05, 0.1) is 0 Å². The molecule has 134 valence electrons. The van der Waals surface area contributed by atoms with Gasteiger partial charge in [-0.15, -0.1) is 11.3 Å². The molecule has 0 saturated carbocycles. The van der Waals surface area contributed by atoms with Crippen LogP contribution in [0.25, 0.3) is 21.2 Å². The molecule has 5 heteroatoms. The summed E-state index contributed by atoms with van der Waals surface area (Å²) in [4.78, 5) is 16.1. The summed E-state index contributed by atoms with van der Waals surface area (Å²) in [6.07, 6.45) is 4.11. The van der Waals surface area contributed by atoms with Crippen molar-refractivity contribution in [2.24, 2.45) is 5.73 Å². The van der Waals surface area contributed by atoms with E-state index in [9.17, 15) is 4.79 Å². The number of carbonyl (C=O) groups excluding carboxylic acids is 1. The van der Waals surface area contributed by atoms with Gasteiger partial charge >= 0.3 is 0 Å². The summed E-state index contributed by atoms with van der Waals surface area (Å²) in [6, 6.07) is 19.7. The number of anilines is 1. The molecule has 0 aliphatic rings. The van der Waals surface area contributed by atoms with Crippen LogP contribution in [0.15, 0.2) is 78.4 Å². The van der Waals surface area contributed by atoms with Gasteiger partial charge in [0, 0.05) is 29.2 Å². The van der Waals surface area contributed by atoms with Crippen LogP contribution in [-0.4, -0.2) is 16.9 Å². The molecule has 3 N–H and O–H groups in total. The number of nitrogens with two attached hydrogens (primary N) is 1. The first kappa shape index (κ1) is 17.2. The quantitative estimate of drug-likeness (QED) is 0.524. The van der Waals surface area contributed by atoms with E-state index in [1.165, 1.54) is 10.1 Å². The number of fused-ring (bicyclic) bond motifs is 1. The minimum Gasteiger partial charge on any atom is -0.373 e. The van der Waals surface area contributed by atoms with Gasteiger partial charge < -0.3 is 11.1 Å². The first-order valence-electron chi connectivity index (χ1n) is 8.72. The average Bonchev–Trinajstić information content (AvgIpc) is 3.12. The summed E-state index contributed by atoms with van der Waals surface area (Å²) in [5.41, 5.74) is 9.88. The third-order valence-electron chi connectivity index (χ3n) is 4.57. The van der Waals surface area contributed by atoms with Crippen LogP contribution >= 0.6 is 11.3 Å². The number of amides is 1. The Kier molecular flexibility index (Phi) is 4.85. The first-order chi connectivity index (χ1) is 13.2. The van der Waals surface area contributed by atoms with E-state index in [4.69, 9.17) is 5.73 Å². The number of carbonyl (C=O) groups is 1. The molecular weight excluding hydrogens is 354 g/mol. The van der Waals surface area contributed by atoms with Crippen LogP contribution in [0.2, 0.25) is 0 Å². The maximum Gasteiger partial charge on any atom is 0.240 e. The molecule has 1 amide bonds. The number of nitrogens with one attached hydrogen (secondary N) is 1. The van der Waals surface area contributed by atoms with Crippen molar-refractivity contribution in [3.63, 3.8) is 0 Å². The van der Waals surface area contributed by atoms with Gasteiger partial charge in [-0.1, -0.05) is 30.3 Å². The molecule has 27 heavy (non-hydrogen) atoms. The molecule has 1 atom stereocenters. The van der Waals surface area contributed by atoms with Crippen molar-refractivity contribution < 1.29 is 4.79 Å². The third-order valence-corrected chi connectivity index (χ3v) is 5.58. The smallest absolute Gasteiger partial charge is 0.240 e. The van der Waals surface area contributed by atoms with E-state index in [0.29, 0.717) is 6.42 Å². The Balaban J connectivity index is 1.52. The van der Waals surface area contributed by atoms with Gasteiger partial charge in [0.2, 0.25) is 5.91 Å². The standard InChI is InChI=1S/C22H19N3OS/c23-22(26)20(13-17-14-27-21-4-2-1-3-19(17)21)25-18-7-5-15(6-8-18)16-9-11-24-12-10-16/h1-12,14,20,25H,13H2,(H2,23,26)/t20-/m1/s1. The number of hydrogen-bond acceptors (Lipinski definition) is 4. The molecule has 0 aliphatic heterocycles. The molecule has 0 spiro atoms. The van der Waals surface area contributed by atoms with E-state index in [-0.39, 0.29) is 5.91 Å². The molecular formula is C22H19N3OS. The number of hydrogen-bond donors (Lipinski definition) is 2. The van der Waals surface area contributed by atoms with E-state index in [1.807, 2.05) is 48.5 Å². The second-order valence-corrected chi connectivity index (χ2v) is 7.28. The predicted molar refractivity (Wildman–Crippen MR) is 112 cm³/mol. The molecule has 2 aromatic carbocycles. The molecule has 0 bridgehead atoms. The van der Waals surface area contributed by atoms with Crippen molar-refractivity contribution in [1.29, 1.82) is 0 Å². The zero-order chi connectivity index (χ0) is 18.6. The van der Waals surface area contributed by atoms with Crippen molar-refractivity contribution in [3.8, 4) is 11.1 Å². The summed E-state index contributed by atoms with van der Waals surface area (Å²) in [5, 5.41) is 6.57. The third kappa shape index (κ3) is 3.83. The largest absolute Gasteiger partial charge is 0.373 e. The molecule has 4 rings (SSSR count). The van der Waals surface area contributed by atoms with Crippen molar-refractivity contribution in [2.45, 2.75) is 12.5 Å². The molecule has 2 aromatic heterocycles. The molecule has 4 aromatic rings. The number of aromatic nitrogens is 1. The number of thiophene rings is 1. The number of rotatable bonds is 6. The van der Waals surface area contributed by atoms with E-state index in [0.717, 1.165) is 22.4 Å². The van der Waals surface area contributed by atoms with Gasteiger partial charge in [0.1, 0.15) is 6.04 Å². The zero-order valence-corrected chi connectivity index (χ0v) is 15.4. The fraction of sp³-hybridized carbons (Fsp3) is 0.0909. The van der Waals surface area contributed by atoms with Crippen molar-refractivity contribution in [1.82, 2.24) is 4.98 Å². The predicted octanol–water partition coefficient (Wildman–Crippen LogP) is 4.47. The zero-order valence-electron chi connectivity index (χ0n) is 14.6. The van der Waals surface area contributed by atoms with Crippen LogP contribution in [0, 0.1) is 0 Å². The maximum absolute atomic E-state index is 12.0. The second-order valence-electron chi connectivity index (χ2n) is 6.37. The highest BCUT2D eigenvalue weighted by molar-refractivity contribution is 7.17. The Hall–Kier alpha value is -3.18. The molecule has 4 nitrogen and oxygen atoms in total. The van der Waals surface area contributed by atoms with Crippen LogP contribution in [0.5, 0.6) is 0 Å². The van der Waals surface area contributed by atoms with Gasteiger partial charge in [0.15, 0.2) is 0 Å². The highest BCUT2D eigenvalue weighted by Crippen LogP contribution is 2.27. The summed E-state index contributed by atoms with van der Waals surface area (Å²) in [6.45, 7) is 0. The molecule has 0 saturated heterocycles. The van der Waals surface area contributed by atoms with E-state index < -0.39 is 6.04 Å². The molecule has 0 aliphatic carbocycles. The van der Waals surface area contributed by atoms with Gasteiger partial charge in [-0.05, 0) is 57.8 Å². The van der Waals surface area contributed by atoms with Gasteiger partial charge in [-0.25, -0.2) is 0 Å². The molecule has 0 radical (unpaired) electrons. The lowest BCUT2D eigenvalue weighted by Crippen LogP contribution is -2.37. The molecule has 2 heterocycles. The molecule has 0 unspecified atom stereocenters. The Bertz CT molecular complexity index is 1060. The average molecular weight is 373 g/mol. The van der Waals surface area contributed by atoms with Gasteiger partial charge in [-0.2, -0.15) is 0 Å². The summed E-state index contributed by atoms with van der Waals surface area (Å²) in [7, 11) is 0. The highest BCUT2D eigenvalue weighted by Gasteiger charge is 2.18. The summed E-state index contributed by atoms with van der Waals surface area (Å²) >= 11 is 1.69. The highest BCUT2D eigenvalue weighted by atomic mass is 32.1. The van der Waals surface area contributed by atoms with Crippen LogP contribution in [0.1, 0.15) is 5.56 Å². The monoisotopic (exact) mass is 373 g/mol. The number of benzene rings is 2. The Morgan fingerprint density at radius 1 is 1.00 bits per heavy atom. The number of pyridine rings is 1. The van der Waals surface area contributed by atoms with E-state index >= 15 is 0 Å². The maximum atomic E-state index is 12.0. The fourth-order valence-electron chi connectivity index (χ4n) is 3.14. The van der Waals surface area contributed by atoms with Crippen LogP contribution in [0.4, 0.5) is 5.69 Å². The first-order valence-corrected chi connectivity index (χ1v) is 9.60. The Morgan fingerprint density at radius 2 is 1.70 bits per heavy atom. The van der Waals surface area contributed by atoms with Crippen LogP contribution < -0.4 is 11.1 Å². The fourth-order valence-corrected chi connectivity index (χ4v) is 4.11. The van der Waals surface area contributed by atoms with E-state index in [2.05, 4.69) is 27.8 Å². The normalized spacial score (nSPS) is 12.0. The van der Waals surface area contributed by atoms with Gasteiger partial charge in [-0.3, -0.25) is 9.78 Å². The Morgan fingerprint density at radius 3 is 2.44 bits per heavy atom. The lowest BCUT2D eigenvalue weighted by atomic mass is 10.0. The van der Waals surface area contributed by atoms with Crippen molar-refractivity contribution >= 4 is 33.0 Å². The lowest BCUT2D eigenvalue weighted by molar-refractivity contribution is -0.118. The SMILES string of the molecule is NC(=O)[C@@H](Cc1csc2ccccc12)Nc1ccc(-c2ccncc2)cc1. The van der Waals surface area contributed by atoms with Gasteiger partial charge in [0.25, 0.3) is 0 Å². The lowest BCUT2D eigenvalue weighted by Gasteiger charge is -2.17. The summed E-state index contributed by atoms with van der Waals surface area (Å²) in [5.74, 6) is -0.358. The minimum absolute atomic E-state index is 0.358. The number of primary amides is 1. The van der Waals surface area contributed by atoms with Crippen LogP contribution in [-0.2, 0) is 11.2 Å². The Labute approximate surface area is 161 Å². The van der Waals surface area contributed by atoms with Crippen LogP contribution in [0.3, 0.4) is 0 Å². The van der Waals surface area contributed by atoms with Crippen molar-refractivity contribution in [2.75, 3.05) is 5.32 Å². The topological polar surface area (TPSA) is 68.0 Å². The minimum atomic E-state index is -0.463. The molecule has 0 fully saturated rings. The number of nitrogens with zero attached hydrogens (tertiary/aromatic N) is 1. The van der Waals surface area contributed by atoms with E-state index in [1.54, 1.807) is 23.7 Å². The summed E-state index contributed by atoms with van der Waals surface area (Å²) < 4.78 is 1.22. The van der Waals surface area contributed by atoms with Crippen molar-refractivity contribution in [3.05, 3.63) is 84.0 Å². The second kappa shape index (κ2) is 7.60.